The van der Waals surface area contributed by atoms with Crippen molar-refractivity contribution in [3.63, 3.8) is 0 Å². The molecule has 0 radical (unpaired) electrons. The van der Waals surface area contributed by atoms with Gasteiger partial charge in [0.15, 0.2) is 0 Å². The van der Waals surface area contributed by atoms with Gasteiger partial charge in [-0.3, -0.25) is 4.79 Å². The van der Waals surface area contributed by atoms with E-state index in [9.17, 15) is 18.5 Å². The number of nitrogens with zero attached hydrogens (tertiary/aromatic N) is 1. The number of benzene rings is 2. The standard InChI is InChI=1S/C25H29N3O3S/c26-18-25(16-17-25)20-9-11-21(12-10-20)27-24(29)15-8-19-6-13-23(14-7-19)32(30,31)28-22-4-2-1-3-5-22/h6-7,9-14,22,28H,1-5,8,15-17H2,(H,27,29). The fraction of sp³-hybridized carbons (Fsp3) is 0.440. The molecule has 6 nitrogen and oxygen atoms in total. The van der Waals surface area contributed by atoms with E-state index in [2.05, 4.69) is 16.1 Å². The van der Waals surface area contributed by atoms with Gasteiger partial charge in [0.25, 0.3) is 0 Å². The first-order valence-electron chi connectivity index (χ1n) is 11.3. The lowest BCUT2D eigenvalue weighted by Gasteiger charge is -2.22. The average Bonchev–Trinajstić information content (AvgIpc) is 3.60. The van der Waals surface area contributed by atoms with Gasteiger partial charge in [0.1, 0.15) is 0 Å². The third-order valence-corrected chi connectivity index (χ3v) is 8.02. The molecule has 32 heavy (non-hydrogen) atoms. The van der Waals surface area contributed by atoms with Crippen LogP contribution in [0, 0.1) is 11.3 Å². The van der Waals surface area contributed by atoms with Crippen molar-refractivity contribution in [3.05, 3.63) is 59.7 Å². The molecule has 0 bridgehead atoms. The number of aryl methyl sites for hydroxylation is 1. The van der Waals surface area contributed by atoms with Gasteiger partial charge in [-0.2, -0.15) is 5.26 Å². The van der Waals surface area contributed by atoms with Crippen molar-refractivity contribution in [2.24, 2.45) is 0 Å². The lowest BCUT2D eigenvalue weighted by molar-refractivity contribution is -0.116. The molecule has 2 aromatic rings. The van der Waals surface area contributed by atoms with Crippen molar-refractivity contribution in [3.8, 4) is 6.07 Å². The second-order valence-corrected chi connectivity index (χ2v) is 10.6. The van der Waals surface area contributed by atoms with E-state index >= 15 is 0 Å². The van der Waals surface area contributed by atoms with Crippen molar-refractivity contribution in [2.45, 2.75) is 74.1 Å². The summed E-state index contributed by atoms with van der Waals surface area (Å²) in [7, 11) is -3.51. The maximum atomic E-state index is 12.6. The van der Waals surface area contributed by atoms with Gasteiger partial charge < -0.3 is 5.32 Å². The van der Waals surface area contributed by atoms with Gasteiger partial charge in [-0.1, -0.05) is 43.5 Å². The van der Waals surface area contributed by atoms with E-state index in [0.29, 0.717) is 18.5 Å². The van der Waals surface area contributed by atoms with Gasteiger partial charge in [0, 0.05) is 18.2 Å². The fourth-order valence-electron chi connectivity index (χ4n) is 4.29. The molecular weight excluding hydrogens is 422 g/mol. The van der Waals surface area contributed by atoms with Gasteiger partial charge in [-0.05, 0) is 67.5 Å². The van der Waals surface area contributed by atoms with E-state index in [0.717, 1.165) is 49.7 Å². The van der Waals surface area contributed by atoms with Crippen LogP contribution in [0.3, 0.4) is 0 Å². The first-order chi connectivity index (χ1) is 15.4. The zero-order valence-corrected chi connectivity index (χ0v) is 19.0. The van der Waals surface area contributed by atoms with Crippen LogP contribution in [0.15, 0.2) is 53.4 Å². The van der Waals surface area contributed by atoms with Crippen LogP contribution in [0.25, 0.3) is 0 Å². The summed E-state index contributed by atoms with van der Waals surface area (Å²) in [6.45, 7) is 0. The zero-order valence-electron chi connectivity index (χ0n) is 18.1. The van der Waals surface area contributed by atoms with Crippen LogP contribution in [0.4, 0.5) is 5.69 Å². The Hall–Kier alpha value is -2.69. The molecule has 0 atom stereocenters. The molecule has 2 fully saturated rings. The monoisotopic (exact) mass is 451 g/mol. The predicted molar refractivity (Wildman–Crippen MR) is 124 cm³/mol. The highest BCUT2D eigenvalue weighted by Crippen LogP contribution is 2.47. The summed E-state index contributed by atoms with van der Waals surface area (Å²) in [5.74, 6) is -0.102. The van der Waals surface area contributed by atoms with Crippen LogP contribution in [-0.4, -0.2) is 20.4 Å². The van der Waals surface area contributed by atoms with Crippen LogP contribution in [-0.2, 0) is 26.7 Å². The van der Waals surface area contributed by atoms with Crippen LogP contribution in [0.5, 0.6) is 0 Å². The van der Waals surface area contributed by atoms with E-state index < -0.39 is 10.0 Å². The van der Waals surface area contributed by atoms with Crippen molar-refractivity contribution < 1.29 is 13.2 Å². The van der Waals surface area contributed by atoms with Gasteiger partial charge in [-0.15, -0.1) is 0 Å². The molecule has 0 saturated heterocycles. The number of rotatable bonds is 8. The first kappa shape index (κ1) is 22.5. The minimum Gasteiger partial charge on any atom is -0.326 e. The second kappa shape index (κ2) is 9.43. The summed E-state index contributed by atoms with van der Waals surface area (Å²) in [6, 6.07) is 16.7. The van der Waals surface area contributed by atoms with Crippen molar-refractivity contribution in [2.75, 3.05) is 5.32 Å². The summed E-state index contributed by atoms with van der Waals surface area (Å²) in [5, 5.41) is 12.2. The van der Waals surface area contributed by atoms with E-state index in [1.54, 1.807) is 24.3 Å². The topological polar surface area (TPSA) is 99.1 Å². The highest BCUT2D eigenvalue weighted by Gasteiger charge is 2.44. The Morgan fingerprint density at radius 1 is 1.00 bits per heavy atom. The molecule has 2 aromatic carbocycles. The Kier molecular flexibility index (Phi) is 6.63. The van der Waals surface area contributed by atoms with E-state index in [1.165, 1.54) is 6.42 Å². The number of carbonyl (C=O) groups excluding carboxylic acids is 1. The normalized spacial score (nSPS) is 18.0. The van der Waals surface area contributed by atoms with Crippen molar-refractivity contribution in [1.82, 2.24) is 4.72 Å². The molecule has 168 valence electrons. The smallest absolute Gasteiger partial charge is 0.240 e. The third kappa shape index (κ3) is 5.37. The fourth-order valence-corrected chi connectivity index (χ4v) is 5.59. The molecule has 2 aliphatic rings. The molecule has 0 aliphatic heterocycles. The lowest BCUT2D eigenvalue weighted by atomic mass is 9.96. The molecule has 2 saturated carbocycles. The molecule has 1 amide bonds. The molecular formula is C25H29N3O3S. The van der Waals surface area contributed by atoms with Crippen LogP contribution in [0.1, 0.15) is 62.5 Å². The first-order valence-corrected chi connectivity index (χ1v) is 12.8. The van der Waals surface area contributed by atoms with E-state index in [1.807, 2.05) is 24.3 Å². The van der Waals surface area contributed by atoms with Gasteiger partial charge in [0.2, 0.25) is 15.9 Å². The maximum Gasteiger partial charge on any atom is 0.240 e. The molecule has 0 spiro atoms. The lowest BCUT2D eigenvalue weighted by Crippen LogP contribution is -2.36. The number of anilines is 1. The molecule has 4 rings (SSSR count). The quantitative estimate of drug-likeness (QED) is 0.620. The number of amides is 1. The van der Waals surface area contributed by atoms with Crippen molar-refractivity contribution in [1.29, 1.82) is 5.26 Å². The summed E-state index contributed by atoms with van der Waals surface area (Å²) in [6.07, 6.45) is 7.72. The van der Waals surface area contributed by atoms with E-state index in [4.69, 9.17) is 0 Å². The Morgan fingerprint density at radius 2 is 1.66 bits per heavy atom. The summed E-state index contributed by atoms with van der Waals surface area (Å²) in [5.41, 5.74) is 2.30. The predicted octanol–water partition coefficient (Wildman–Crippen LogP) is 4.42. The number of carbonyl (C=O) groups is 1. The van der Waals surface area contributed by atoms with E-state index in [-0.39, 0.29) is 22.3 Å². The number of sulfonamides is 1. The Bertz CT molecular complexity index is 1090. The summed E-state index contributed by atoms with van der Waals surface area (Å²) in [4.78, 5) is 12.6. The number of hydrogen-bond donors (Lipinski definition) is 2. The van der Waals surface area contributed by atoms with Crippen molar-refractivity contribution >= 4 is 21.6 Å². The highest BCUT2D eigenvalue weighted by molar-refractivity contribution is 7.89. The van der Waals surface area contributed by atoms with Crippen LogP contribution < -0.4 is 10.0 Å². The van der Waals surface area contributed by atoms with Gasteiger partial charge >= 0.3 is 0 Å². The Balaban J connectivity index is 1.27. The number of nitriles is 1. The second-order valence-electron chi connectivity index (χ2n) is 8.92. The Labute approximate surface area is 190 Å². The maximum absolute atomic E-state index is 12.6. The average molecular weight is 452 g/mol. The SMILES string of the molecule is N#CC1(c2ccc(NC(=O)CCc3ccc(S(=O)(=O)NC4CCCCC4)cc3)cc2)CC1. The summed E-state index contributed by atoms with van der Waals surface area (Å²) < 4.78 is 28.0. The zero-order chi connectivity index (χ0) is 22.6. The van der Waals surface area contributed by atoms with Crippen LogP contribution in [0.2, 0.25) is 0 Å². The molecule has 0 heterocycles. The highest BCUT2D eigenvalue weighted by atomic mass is 32.2. The Morgan fingerprint density at radius 3 is 2.25 bits per heavy atom. The van der Waals surface area contributed by atoms with Gasteiger partial charge in [-0.25, -0.2) is 13.1 Å². The molecule has 2 aliphatic carbocycles. The van der Waals surface area contributed by atoms with Crippen LogP contribution >= 0.6 is 0 Å². The summed E-state index contributed by atoms with van der Waals surface area (Å²) >= 11 is 0. The molecule has 7 heteroatoms. The minimum atomic E-state index is -3.51. The van der Waals surface area contributed by atoms with Gasteiger partial charge in [0.05, 0.1) is 16.4 Å². The molecule has 0 aromatic heterocycles. The third-order valence-electron chi connectivity index (χ3n) is 6.49. The number of nitrogens with one attached hydrogen (secondary N) is 2. The molecule has 0 unspecified atom stereocenters. The number of hydrogen-bond acceptors (Lipinski definition) is 4. The molecule has 2 N–H and O–H groups in total. The largest absolute Gasteiger partial charge is 0.326 e. The minimum absolute atomic E-state index is 0.0286.